The Kier molecular flexibility index (Phi) is 5.19. The van der Waals surface area contributed by atoms with E-state index in [9.17, 15) is 18.8 Å². The molecule has 0 saturated heterocycles. The first kappa shape index (κ1) is 20.7. The summed E-state index contributed by atoms with van der Waals surface area (Å²) in [6.45, 7) is 0. The second-order valence-corrected chi connectivity index (χ2v) is 8.92. The number of halogens is 1. The van der Waals surface area contributed by atoms with Crippen LogP contribution in [0.5, 0.6) is 0 Å². The van der Waals surface area contributed by atoms with Crippen molar-refractivity contribution in [3.05, 3.63) is 65.5 Å². The molecule has 0 unspecified atom stereocenters. The van der Waals surface area contributed by atoms with E-state index in [0.717, 1.165) is 36.9 Å². The molecule has 0 radical (unpaired) electrons. The zero-order valence-corrected chi connectivity index (χ0v) is 17.6. The number of carbonyl (C=O) groups is 3. The van der Waals surface area contributed by atoms with E-state index in [1.807, 2.05) is 34.1 Å². The molecular formula is C25H25FN2O4. The lowest BCUT2D eigenvalue weighted by Crippen LogP contribution is -2.59. The molecule has 32 heavy (non-hydrogen) atoms. The lowest BCUT2D eigenvalue weighted by molar-refractivity contribution is -0.143. The standard InChI is InChI=1S/C25H25FN2O4/c26-16-7-5-15(6-8-16)25(32)28-20-4-2-1-3-18(20)24(19-11-12-21(19)28)27(17-9-10-17)22(29)13-14-23(30)31/h1-8,17,19,21,24H,9-14H2,(H,30,31)/t19-,21+,24-/m0/s1. The topological polar surface area (TPSA) is 77.9 Å². The molecule has 1 heterocycles. The van der Waals surface area contributed by atoms with Crippen LogP contribution in [0.3, 0.4) is 0 Å². The van der Waals surface area contributed by atoms with E-state index in [4.69, 9.17) is 5.11 Å². The number of benzene rings is 2. The number of carboxylic acids is 1. The molecule has 2 saturated carbocycles. The van der Waals surface area contributed by atoms with Crippen LogP contribution in [0.4, 0.5) is 10.1 Å². The SMILES string of the molecule is O=C(O)CCC(=O)N(C1CC1)[C@H]1c2ccccc2N(C(=O)c2ccc(F)cc2)[C@@H]2CC[C@@H]21. The van der Waals surface area contributed by atoms with Gasteiger partial charge in [-0.05, 0) is 61.6 Å². The molecule has 3 aliphatic rings. The minimum Gasteiger partial charge on any atom is -0.481 e. The maximum absolute atomic E-state index is 13.5. The fourth-order valence-corrected chi connectivity index (χ4v) is 5.19. The Morgan fingerprint density at radius 3 is 2.31 bits per heavy atom. The van der Waals surface area contributed by atoms with E-state index in [0.29, 0.717) is 5.56 Å². The second-order valence-electron chi connectivity index (χ2n) is 8.92. The minimum absolute atomic E-state index is 0.0138. The van der Waals surface area contributed by atoms with Gasteiger partial charge in [0.2, 0.25) is 5.91 Å². The summed E-state index contributed by atoms with van der Waals surface area (Å²) in [7, 11) is 0. The minimum atomic E-state index is -0.976. The second kappa shape index (κ2) is 8.04. The van der Waals surface area contributed by atoms with Crippen molar-refractivity contribution >= 4 is 23.5 Å². The Labute approximate surface area is 185 Å². The van der Waals surface area contributed by atoms with Gasteiger partial charge in [0.25, 0.3) is 5.91 Å². The van der Waals surface area contributed by atoms with Gasteiger partial charge in [-0.15, -0.1) is 0 Å². The van der Waals surface area contributed by atoms with Gasteiger partial charge in [0.1, 0.15) is 5.82 Å². The molecule has 2 aliphatic carbocycles. The summed E-state index contributed by atoms with van der Waals surface area (Å²) in [5, 5.41) is 9.05. The highest BCUT2D eigenvalue weighted by Crippen LogP contribution is 2.54. The molecule has 0 aromatic heterocycles. The third kappa shape index (κ3) is 3.55. The number of carbonyl (C=O) groups excluding carboxylic acids is 2. The number of carboxylic acid groups (broad SMARTS) is 1. The number of amides is 2. The molecule has 0 spiro atoms. The van der Waals surface area contributed by atoms with Gasteiger partial charge in [-0.2, -0.15) is 0 Å². The summed E-state index contributed by atoms with van der Waals surface area (Å²) in [5.41, 5.74) is 2.14. The van der Waals surface area contributed by atoms with E-state index < -0.39 is 5.97 Å². The molecule has 1 N–H and O–H groups in total. The van der Waals surface area contributed by atoms with Crippen molar-refractivity contribution in [3.8, 4) is 0 Å². The molecular weight excluding hydrogens is 411 g/mol. The fourth-order valence-electron chi connectivity index (χ4n) is 5.19. The van der Waals surface area contributed by atoms with Crippen molar-refractivity contribution in [3.63, 3.8) is 0 Å². The van der Waals surface area contributed by atoms with Crippen molar-refractivity contribution in [2.24, 2.45) is 5.92 Å². The lowest BCUT2D eigenvalue weighted by atomic mass is 9.67. The van der Waals surface area contributed by atoms with Crippen LogP contribution in [0.2, 0.25) is 0 Å². The Hall–Kier alpha value is -3.22. The van der Waals surface area contributed by atoms with Crippen molar-refractivity contribution in [2.75, 3.05) is 4.90 Å². The van der Waals surface area contributed by atoms with Crippen LogP contribution in [0.1, 0.15) is 60.5 Å². The lowest BCUT2D eigenvalue weighted by Gasteiger charge is -2.55. The first-order valence-corrected chi connectivity index (χ1v) is 11.2. The van der Waals surface area contributed by atoms with Crippen molar-refractivity contribution in [1.29, 1.82) is 0 Å². The number of anilines is 1. The number of hydrogen-bond acceptors (Lipinski definition) is 3. The number of para-hydroxylation sites is 1. The number of aliphatic carboxylic acids is 1. The number of fused-ring (bicyclic) bond motifs is 2. The zero-order chi connectivity index (χ0) is 22.4. The smallest absolute Gasteiger partial charge is 0.303 e. The maximum atomic E-state index is 13.5. The summed E-state index contributed by atoms with van der Waals surface area (Å²) in [6.07, 6.45) is 3.39. The van der Waals surface area contributed by atoms with Crippen molar-refractivity contribution in [1.82, 2.24) is 4.90 Å². The molecule has 166 valence electrons. The van der Waals surface area contributed by atoms with Gasteiger partial charge < -0.3 is 14.9 Å². The Morgan fingerprint density at radius 2 is 1.69 bits per heavy atom. The molecule has 6 nitrogen and oxygen atoms in total. The third-order valence-electron chi connectivity index (χ3n) is 6.93. The molecule has 2 aromatic rings. The largest absolute Gasteiger partial charge is 0.481 e. The molecule has 0 bridgehead atoms. The van der Waals surface area contributed by atoms with Crippen molar-refractivity contribution < 1.29 is 23.9 Å². The van der Waals surface area contributed by atoms with Gasteiger partial charge in [-0.3, -0.25) is 14.4 Å². The molecule has 7 heteroatoms. The Balaban J connectivity index is 1.52. The molecule has 5 rings (SSSR count). The highest BCUT2D eigenvalue weighted by molar-refractivity contribution is 6.07. The van der Waals surface area contributed by atoms with Gasteiger partial charge in [-0.1, -0.05) is 18.2 Å². The van der Waals surface area contributed by atoms with Crippen LogP contribution in [-0.2, 0) is 9.59 Å². The summed E-state index contributed by atoms with van der Waals surface area (Å²) in [4.78, 5) is 41.4. The van der Waals surface area contributed by atoms with Crippen LogP contribution in [0.15, 0.2) is 48.5 Å². The highest BCUT2D eigenvalue weighted by Gasteiger charge is 2.53. The Bertz CT molecular complexity index is 1070. The van der Waals surface area contributed by atoms with E-state index in [-0.39, 0.29) is 54.5 Å². The fraction of sp³-hybridized carbons (Fsp3) is 0.400. The predicted molar refractivity (Wildman–Crippen MR) is 116 cm³/mol. The average Bonchev–Trinajstić information content (AvgIpc) is 3.59. The first-order chi connectivity index (χ1) is 15.5. The molecule has 3 atom stereocenters. The molecule has 2 fully saturated rings. The van der Waals surface area contributed by atoms with Crippen LogP contribution < -0.4 is 4.90 Å². The quantitative estimate of drug-likeness (QED) is 0.738. The van der Waals surface area contributed by atoms with Crippen LogP contribution in [0.25, 0.3) is 0 Å². The zero-order valence-electron chi connectivity index (χ0n) is 17.6. The van der Waals surface area contributed by atoms with Crippen LogP contribution in [0, 0.1) is 11.7 Å². The van der Waals surface area contributed by atoms with Gasteiger partial charge in [0, 0.05) is 35.7 Å². The summed E-state index contributed by atoms with van der Waals surface area (Å²) in [5.74, 6) is -1.55. The molecule has 2 aromatic carbocycles. The van der Waals surface area contributed by atoms with Gasteiger partial charge in [-0.25, -0.2) is 4.39 Å². The van der Waals surface area contributed by atoms with Gasteiger partial charge >= 0.3 is 5.97 Å². The third-order valence-corrected chi connectivity index (χ3v) is 6.93. The Morgan fingerprint density at radius 1 is 0.969 bits per heavy atom. The first-order valence-electron chi connectivity index (χ1n) is 11.2. The summed E-state index contributed by atoms with van der Waals surface area (Å²) in [6, 6.07) is 13.2. The number of nitrogens with zero attached hydrogens (tertiary/aromatic N) is 2. The van der Waals surface area contributed by atoms with E-state index in [2.05, 4.69) is 0 Å². The molecule has 2 amide bonds. The van der Waals surface area contributed by atoms with Crippen LogP contribution in [-0.4, -0.2) is 39.9 Å². The van der Waals surface area contributed by atoms with E-state index in [1.54, 1.807) is 0 Å². The maximum Gasteiger partial charge on any atom is 0.303 e. The predicted octanol–water partition coefficient (Wildman–Crippen LogP) is 4.16. The highest BCUT2D eigenvalue weighted by atomic mass is 19.1. The van der Waals surface area contributed by atoms with Gasteiger partial charge in [0.15, 0.2) is 0 Å². The number of hydrogen-bond donors (Lipinski definition) is 1. The van der Waals surface area contributed by atoms with E-state index in [1.165, 1.54) is 24.3 Å². The van der Waals surface area contributed by atoms with Crippen LogP contribution >= 0.6 is 0 Å². The molecule has 1 aliphatic heterocycles. The van der Waals surface area contributed by atoms with E-state index >= 15 is 0 Å². The number of rotatable bonds is 6. The summed E-state index contributed by atoms with van der Waals surface area (Å²) >= 11 is 0. The van der Waals surface area contributed by atoms with Gasteiger partial charge in [0.05, 0.1) is 12.5 Å². The van der Waals surface area contributed by atoms with Crippen molar-refractivity contribution in [2.45, 2.75) is 56.7 Å². The summed E-state index contributed by atoms with van der Waals surface area (Å²) < 4.78 is 13.4. The average molecular weight is 436 g/mol. The monoisotopic (exact) mass is 436 g/mol. The normalized spacial score (nSPS) is 23.5.